The fourth-order valence-corrected chi connectivity index (χ4v) is 3.48. The number of fused-ring (bicyclic) bond motifs is 1. The van der Waals surface area contributed by atoms with Gasteiger partial charge in [-0.05, 0) is 55.9 Å². The number of rotatable bonds is 6. The molecule has 0 bridgehead atoms. The van der Waals surface area contributed by atoms with E-state index in [1.165, 1.54) is 0 Å². The Hall–Kier alpha value is -1.95. The Kier molecular flexibility index (Phi) is 6.47. The number of nitrogens with zero attached hydrogens (tertiary/aromatic N) is 1. The van der Waals surface area contributed by atoms with Gasteiger partial charge in [-0.3, -0.25) is 9.69 Å². The van der Waals surface area contributed by atoms with Crippen molar-refractivity contribution in [1.82, 2.24) is 10.2 Å². The van der Waals surface area contributed by atoms with Gasteiger partial charge in [0.25, 0.3) is 0 Å². The van der Waals surface area contributed by atoms with Crippen LogP contribution in [0, 0.1) is 0 Å². The molecule has 0 saturated heterocycles. The molecular weight excluding hydrogens is 387 g/mol. The number of ether oxygens (including phenoxy) is 2. The van der Waals surface area contributed by atoms with Gasteiger partial charge in [-0.15, -0.1) is 0 Å². The lowest BCUT2D eigenvalue weighted by Gasteiger charge is -2.24. The largest absolute Gasteiger partial charge is 0.486 e. The van der Waals surface area contributed by atoms with E-state index in [4.69, 9.17) is 32.7 Å². The van der Waals surface area contributed by atoms with Gasteiger partial charge >= 0.3 is 0 Å². The summed E-state index contributed by atoms with van der Waals surface area (Å²) in [6.45, 7) is 1.50. The quantitative estimate of drug-likeness (QED) is 0.790. The molecule has 2 aromatic carbocycles. The molecule has 0 aromatic heterocycles. The lowest BCUT2D eigenvalue weighted by atomic mass is 10.0. The molecule has 27 heavy (non-hydrogen) atoms. The summed E-state index contributed by atoms with van der Waals surface area (Å²) < 4.78 is 11.1. The molecule has 1 atom stereocenters. The van der Waals surface area contributed by atoms with Crippen molar-refractivity contribution >= 4 is 29.1 Å². The standard InChI is InChI=1S/C20H22Cl2N2O3/c1-24(2)18(14-3-5-15(21)6-4-14)20(25)23-8-7-13-11-16(22)19-17(12-13)26-9-10-27-19/h3-6,11-12,18H,7-10H2,1-2H3,(H,23,25)/t18-/m1/s1. The number of likely N-dealkylation sites (N-methyl/N-ethyl adjacent to an activating group) is 1. The van der Waals surface area contributed by atoms with Crippen LogP contribution in [0.4, 0.5) is 0 Å². The number of hydrogen-bond acceptors (Lipinski definition) is 4. The third-order valence-electron chi connectivity index (χ3n) is 4.32. The number of benzene rings is 2. The molecule has 1 amide bonds. The van der Waals surface area contributed by atoms with E-state index in [0.717, 1.165) is 11.1 Å². The van der Waals surface area contributed by atoms with Gasteiger partial charge < -0.3 is 14.8 Å². The molecule has 0 unspecified atom stereocenters. The van der Waals surface area contributed by atoms with Crippen LogP contribution in [-0.4, -0.2) is 44.7 Å². The second kappa shape index (κ2) is 8.83. The molecule has 144 valence electrons. The maximum atomic E-state index is 12.7. The molecule has 1 N–H and O–H groups in total. The van der Waals surface area contributed by atoms with E-state index in [1.54, 1.807) is 12.1 Å². The predicted molar refractivity (Wildman–Crippen MR) is 107 cm³/mol. The van der Waals surface area contributed by atoms with Crippen molar-refractivity contribution in [2.75, 3.05) is 33.9 Å². The SMILES string of the molecule is CN(C)[C@@H](C(=O)NCCc1cc(Cl)c2c(c1)OCCO2)c1ccc(Cl)cc1. The van der Waals surface area contributed by atoms with Gasteiger partial charge in [0, 0.05) is 11.6 Å². The molecule has 1 heterocycles. The average Bonchev–Trinajstić information content (AvgIpc) is 2.63. The Morgan fingerprint density at radius 3 is 2.56 bits per heavy atom. The summed E-state index contributed by atoms with van der Waals surface area (Å²) in [5, 5.41) is 4.17. The number of carbonyl (C=O) groups excluding carboxylic acids is 1. The molecule has 0 spiro atoms. The van der Waals surface area contributed by atoms with Crippen LogP contribution in [0.5, 0.6) is 11.5 Å². The summed E-state index contributed by atoms with van der Waals surface area (Å²) in [6.07, 6.45) is 0.642. The van der Waals surface area contributed by atoms with Crippen LogP contribution < -0.4 is 14.8 Å². The molecule has 3 rings (SSSR count). The van der Waals surface area contributed by atoms with Crippen molar-refractivity contribution in [2.24, 2.45) is 0 Å². The minimum Gasteiger partial charge on any atom is -0.486 e. The summed E-state index contributed by atoms with van der Waals surface area (Å²) in [4.78, 5) is 14.6. The first-order chi connectivity index (χ1) is 13.0. The molecular formula is C20H22Cl2N2O3. The lowest BCUT2D eigenvalue weighted by molar-refractivity contribution is -0.125. The van der Waals surface area contributed by atoms with Gasteiger partial charge in [-0.25, -0.2) is 0 Å². The first kappa shape index (κ1) is 19.8. The fourth-order valence-electron chi connectivity index (χ4n) is 3.06. The zero-order valence-corrected chi connectivity index (χ0v) is 16.8. The Morgan fingerprint density at radius 1 is 1.15 bits per heavy atom. The lowest BCUT2D eigenvalue weighted by Crippen LogP contribution is -2.37. The second-order valence-electron chi connectivity index (χ2n) is 6.56. The summed E-state index contributed by atoms with van der Waals surface area (Å²) in [5.41, 5.74) is 1.88. The first-order valence-electron chi connectivity index (χ1n) is 8.73. The van der Waals surface area contributed by atoms with Crippen LogP contribution in [0.25, 0.3) is 0 Å². The number of nitrogens with one attached hydrogen (secondary N) is 1. The van der Waals surface area contributed by atoms with E-state index >= 15 is 0 Å². The van der Waals surface area contributed by atoms with E-state index in [-0.39, 0.29) is 11.9 Å². The molecule has 1 aliphatic heterocycles. The Morgan fingerprint density at radius 2 is 1.85 bits per heavy atom. The smallest absolute Gasteiger partial charge is 0.241 e. The molecule has 0 radical (unpaired) electrons. The topological polar surface area (TPSA) is 50.8 Å². The summed E-state index contributed by atoms with van der Waals surface area (Å²) in [7, 11) is 3.75. The van der Waals surface area contributed by atoms with Crippen LogP contribution in [-0.2, 0) is 11.2 Å². The van der Waals surface area contributed by atoms with Crippen molar-refractivity contribution in [3.05, 3.63) is 57.6 Å². The Bertz CT molecular complexity index is 810. The summed E-state index contributed by atoms with van der Waals surface area (Å²) in [5.74, 6) is 1.18. The van der Waals surface area contributed by atoms with Crippen molar-refractivity contribution < 1.29 is 14.3 Å². The van der Waals surface area contributed by atoms with E-state index in [9.17, 15) is 4.79 Å². The minimum absolute atomic E-state index is 0.0639. The fraction of sp³-hybridized carbons (Fsp3) is 0.350. The molecule has 7 heteroatoms. The van der Waals surface area contributed by atoms with Gasteiger partial charge in [-0.2, -0.15) is 0 Å². The van der Waals surface area contributed by atoms with Crippen molar-refractivity contribution in [3.63, 3.8) is 0 Å². The van der Waals surface area contributed by atoms with E-state index < -0.39 is 0 Å². The highest BCUT2D eigenvalue weighted by atomic mass is 35.5. The summed E-state index contributed by atoms with van der Waals surface area (Å²) >= 11 is 12.2. The Balaban J connectivity index is 1.63. The number of halogens is 2. The van der Waals surface area contributed by atoms with E-state index in [0.29, 0.717) is 47.7 Å². The minimum atomic E-state index is -0.383. The third-order valence-corrected chi connectivity index (χ3v) is 4.85. The van der Waals surface area contributed by atoms with Gasteiger partial charge in [0.1, 0.15) is 19.3 Å². The Labute approximate surface area is 169 Å². The first-order valence-corrected chi connectivity index (χ1v) is 9.49. The highest BCUT2D eigenvalue weighted by molar-refractivity contribution is 6.32. The maximum absolute atomic E-state index is 12.7. The van der Waals surface area contributed by atoms with Crippen molar-refractivity contribution in [1.29, 1.82) is 0 Å². The van der Waals surface area contributed by atoms with E-state index in [2.05, 4.69) is 5.32 Å². The molecule has 0 aliphatic carbocycles. The second-order valence-corrected chi connectivity index (χ2v) is 7.40. The van der Waals surface area contributed by atoms with Gasteiger partial charge in [0.2, 0.25) is 5.91 Å². The number of carbonyl (C=O) groups is 1. The van der Waals surface area contributed by atoms with Gasteiger partial charge in [-0.1, -0.05) is 35.3 Å². The highest BCUT2D eigenvalue weighted by Crippen LogP contribution is 2.38. The van der Waals surface area contributed by atoms with Crippen molar-refractivity contribution in [2.45, 2.75) is 12.5 Å². The molecule has 0 saturated carbocycles. The predicted octanol–water partition coefficient (Wildman–Crippen LogP) is 3.73. The zero-order chi connectivity index (χ0) is 19.4. The molecule has 1 aliphatic rings. The number of amides is 1. The van der Waals surface area contributed by atoms with Crippen LogP contribution in [0.1, 0.15) is 17.2 Å². The third kappa shape index (κ3) is 4.86. The van der Waals surface area contributed by atoms with Crippen LogP contribution in [0.2, 0.25) is 10.0 Å². The highest BCUT2D eigenvalue weighted by Gasteiger charge is 2.22. The average molecular weight is 409 g/mol. The number of hydrogen-bond donors (Lipinski definition) is 1. The molecule has 5 nitrogen and oxygen atoms in total. The molecule has 2 aromatic rings. The zero-order valence-electron chi connectivity index (χ0n) is 15.3. The van der Waals surface area contributed by atoms with E-state index in [1.807, 2.05) is 43.3 Å². The molecule has 0 fully saturated rings. The summed E-state index contributed by atoms with van der Waals surface area (Å²) in [6, 6.07) is 10.7. The van der Waals surface area contributed by atoms with Crippen LogP contribution >= 0.6 is 23.2 Å². The maximum Gasteiger partial charge on any atom is 0.241 e. The van der Waals surface area contributed by atoms with Crippen LogP contribution in [0.3, 0.4) is 0 Å². The normalized spacial score (nSPS) is 14.1. The van der Waals surface area contributed by atoms with Gasteiger partial charge in [0.05, 0.1) is 5.02 Å². The van der Waals surface area contributed by atoms with Gasteiger partial charge in [0.15, 0.2) is 11.5 Å². The monoisotopic (exact) mass is 408 g/mol. The van der Waals surface area contributed by atoms with Crippen molar-refractivity contribution in [3.8, 4) is 11.5 Å². The van der Waals surface area contributed by atoms with Crippen LogP contribution in [0.15, 0.2) is 36.4 Å².